The number of hydrogen-bond acceptors (Lipinski definition) is 4. The molecule has 0 spiro atoms. The molecular weight excluding hydrogens is 398 g/mol. The quantitative estimate of drug-likeness (QED) is 0.630. The molecule has 0 bridgehead atoms. The summed E-state index contributed by atoms with van der Waals surface area (Å²) in [5.74, 6) is 0.305. The zero-order valence-corrected chi connectivity index (χ0v) is 17.8. The molecule has 0 radical (unpaired) electrons. The molecule has 1 saturated heterocycles. The second-order valence-electron chi connectivity index (χ2n) is 7.44. The predicted octanol–water partition coefficient (Wildman–Crippen LogP) is 4.24. The molecule has 1 aliphatic heterocycles. The highest BCUT2D eigenvalue weighted by Crippen LogP contribution is 2.33. The highest BCUT2D eigenvalue weighted by Gasteiger charge is 2.33. The van der Waals surface area contributed by atoms with E-state index in [0.717, 1.165) is 16.3 Å². The number of ether oxygens (including phenoxy) is 1. The van der Waals surface area contributed by atoms with E-state index < -0.39 is 15.1 Å². The second-order valence-corrected chi connectivity index (χ2v) is 9.74. The number of carbonyl (C=O) groups is 1. The Labute approximate surface area is 177 Å². The maximum absolute atomic E-state index is 13.6. The van der Waals surface area contributed by atoms with Crippen molar-refractivity contribution >= 4 is 26.5 Å². The third-order valence-electron chi connectivity index (χ3n) is 5.60. The smallest absolute Gasteiger partial charge is 0.258 e. The van der Waals surface area contributed by atoms with Gasteiger partial charge in [-0.2, -0.15) is 0 Å². The van der Waals surface area contributed by atoms with Crippen molar-refractivity contribution in [3.8, 4) is 5.75 Å². The second kappa shape index (κ2) is 8.48. The van der Waals surface area contributed by atoms with Crippen molar-refractivity contribution in [2.45, 2.75) is 18.6 Å². The van der Waals surface area contributed by atoms with Crippen LogP contribution in [0.1, 0.15) is 34.5 Å². The van der Waals surface area contributed by atoms with Crippen LogP contribution in [0.2, 0.25) is 0 Å². The van der Waals surface area contributed by atoms with Crippen LogP contribution in [0.25, 0.3) is 10.8 Å². The van der Waals surface area contributed by atoms with E-state index in [0.29, 0.717) is 30.9 Å². The molecule has 1 heterocycles. The van der Waals surface area contributed by atoms with Gasteiger partial charge in [0.15, 0.2) is 9.84 Å². The molecule has 0 aromatic heterocycles. The van der Waals surface area contributed by atoms with Gasteiger partial charge < -0.3 is 9.64 Å². The maximum atomic E-state index is 13.6. The topological polar surface area (TPSA) is 63.7 Å². The standard InChI is InChI=1S/C24H25NO4S/c1-2-29-21-13-12-18-8-6-7-11-20(18)23(21)24(26)25-15-14-22(30(27,28)17-16-25)19-9-4-3-5-10-19/h3-13,22H,2,14-17H2,1H3. The lowest BCUT2D eigenvalue weighted by molar-refractivity contribution is 0.0764. The Kier molecular flexibility index (Phi) is 5.77. The minimum Gasteiger partial charge on any atom is -0.493 e. The summed E-state index contributed by atoms with van der Waals surface area (Å²) in [5.41, 5.74) is 1.29. The zero-order valence-electron chi connectivity index (χ0n) is 17.0. The van der Waals surface area contributed by atoms with Crippen molar-refractivity contribution in [2.24, 2.45) is 0 Å². The van der Waals surface area contributed by atoms with Gasteiger partial charge in [-0.1, -0.05) is 60.7 Å². The van der Waals surface area contributed by atoms with Crippen LogP contribution in [0.5, 0.6) is 5.75 Å². The number of carbonyl (C=O) groups excluding carboxylic acids is 1. The SMILES string of the molecule is CCOc1ccc2ccccc2c1C(=O)N1CCC(c2ccccc2)S(=O)(=O)CC1. The molecule has 1 atom stereocenters. The van der Waals surface area contributed by atoms with Gasteiger partial charge in [0, 0.05) is 13.1 Å². The lowest BCUT2D eigenvalue weighted by Gasteiger charge is -2.22. The van der Waals surface area contributed by atoms with Gasteiger partial charge in [0.1, 0.15) is 5.75 Å². The molecule has 4 rings (SSSR count). The van der Waals surface area contributed by atoms with Gasteiger partial charge >= 0.3 is 0 Å². The van der Waals surface area contributed by atoms with E-state index in [9.17, 15) is 13.2 Å². The Morgan fingerprint density at radius 3 is 2.50 bits per heavy atom. The van der Waals surface area contributed by atoms with E-state index in [1.807, 2.05) is 73.7 Å². The third kappa shape index (κ3) is 3.92. The van der Waals surface area contributed by atoms with Gasteiger partial charge in [-0.3, -0.25) is 4.79 Å². The Morgan fingerprint density at radius 1 is 1.00 bits per heavy atom. The minimum absolute atomic E-state index is 0.0486. The molecule has 156 valence electrons. The minimum atomic E-state index is -3.35. The monoisotopic (exact) mass is 423 g/mol. The van der Waals surface area contributed by atoms with Crippen LogP contribution in [0.3, 0.4) is 0 Å². The predicted molar refractivity (Wildman–Crippen MR) is 119 cm³/mol. The number of sulfone groups is 1. The number of rotatable bonds is 4. The van der Waals surface area contributed by atoms with Gasteiger partial charge in [-0.15, -0.1) is 0 Å². The molecule has 5 nitrogen and oxygen atoms in total. The first-order valence-corrected chi connectivity index (χ1v) is 11.9. The lowest BCUT2D eigenvalue weighted by Crippen LogP contribution is -2.34. The van der Waals surface area contributed by atoms with Crippen molar-refractivity contribution in [3.05, 3.63) is 77.9 Å². The molecule has 3 aromatic carbocycles. The number of benzene rings is 3. The Morgan fingerprint density at radius 2 is 1.73 bits per heavy atom. The Hall–Kier alpha value is -2.86. The van der Waals surface area contributed by atoms with Crippen molar-refractivity contribution in [1.82, 2.24) is 4.90 Å². The molecule has 30 heavy (non-hydrogen) atoms. The van der Waals surface area contributed by atoms with Crippen LogP contribution in [0.4, 0.5) is 0 Å². The Balaban J connectivity index is 1.69. The molecule has 0 N–H and O–H groups in total. The molecule has 3 aromatic rings. The molecule has 1 fully saturated rings. The fourth-order valence-electron chi connectivity index (χ4n) is 4.09. The maximum Gasteiger partial charge on any atom is 0.258 e. The molecule has 1 unspecified atom stereocenters. The van der Waals surface area contributed by atoms with Crippen LogP contribution in [-0.4, -0.2) is 44.7 Å². The van der Waals surface area contributed by atoms with E-state index >= 15 is 0 Å². The first-order chi connectivity index (χ1) is 14.5. The average molecular weight is 424 g/mol. The molecule has 1 amide bonds. The van der Waals surface area contributed by atoms with Gasteiger partial charge in [-0.25, -0.2) is 8.42 Å². The average Bonchev–Trinajstić information content (AvgIpc) is 2.92. The van der Waals surface area contributed by atoms with Crippen LogP contribution in [0.15, 0.2) is 66.7 Å². The summed E-state index contributed by atoms with van der Waals surface area (Å²) >= 11 is 0. The summed E-state index contributed by atoms with van der Waals surface area (Å²) in [6.45, 7) is 2.89. The third-order valence-corrected chi connectivity index (χ3v) is 7.73. The van der Waals surface area contributed by atoms with Crippen LogP contribution >= 0.6 is 0 Å². The normalized spacial score (nSPS) is 18.7. The van der Waals surface area contributed by atoms with E-state index in [-0.39, 0.29) is 18.2 Å². The van der Waals surface area contributed by atoms with Gasteiger partial charge in [-0.05, 0) is 35.7 Å². The lowest BCUT2D eigenvalue weighted by atomic mass is 10.0. The summed E-state index contributed by atoms with van der Waals surface area (Å²) < 4.78 is 31.6. The molecule has 0 saturated carbocycles. The molecule has 1 aliphatic rings. The van der Waals surface area contributed by atoms with Crippen LogP contribution < -0.4 is 4.74 Å². The highest BCUT2D eigenvalue weighted by molar-refractivity contribution is 7.91. The van der Waals surface area contributed by atoms with E-state index in [1.54, 1.807) is 4.90 Å². The summed E-state index contributed by atoms with van der Waals surface area (Å²) in [5, 5.41) is 1.18. The highest BCUT2D eigenvalue weighted by atomic mass is 32.2. The number of fused-ring (bicyclic) bond motifs is 1. The first kappa shape index (κ1) is 20.4. The first-order valence-electron chi connectivity index (χ1n) is 10.2. The van der Waals surface area contributed by atoms with Crippen LogP contribution in [0, 0.1) is 0 Å². The van der Waals surface area contributed by atoms with E-state index in [4.69, 9.17) is 4.74 Å². The van der Waals surface area contributed by atoms with Crippen molar-refractivity contribution in [3.63, 3.8) is 0 Å². The number of amides is 1. The van der Waals surface area contributed by atoms with E-state index in [1.165, 1.54) is 0 Å². The summed E-state index contributed by atoms with van der Waals surface area (Å²) in [6, 6.07) is 20.7. The van der Waals surface area contributed by atoms with Gasteiger partial charge in [0.25, 0.3) is 5.91 Å². The number of hydrogen-bond donors (Lipinski definition) is 0. The molecule has 6 heteroatoms. The largest absolute Gasteiger partial charge is 0.493 e. The summed E-state index contributed by atoms with van der Waals surface area (Å²) in [7, 11) is -3.35. The zero-order chi connectivity index (χ0) is 21.1. The summed E-state index contributed by atoms with van der Waals surface area (Å²) in [6.07, 6.45) is 0.382. The molecule has 0 aliphatic carbocycles. The van der Waals surface area contributed by atoms with Crippen molar-refractivity contribution in [2.75, 3.05) is 25.4 Å². The molecular formula is C24H25NO4S. The van der Waals surface area contributed by atoms with Crippen LogP contribution in [-0.2, 0) is 9.84 Å². The van der Waals surface area contributed by atoms with Crippen molar-refractivity contribution in [1.29, 1.82) is 0 Å². The van der Waals surface area contributed by atoms with Gasteiger partial charge in [0.2, 0.25) is 0 Å². The van der Waals surface area contributed by atoms with Crippen molar-refractivity contribution < 1.29 is 17.9 Å². The fourth-order valence-corrected chi connectivity index (χ4v) is 5.89. The fraction of sp³-hybridized carbons (Fsp3) is 0.292. The number of nitrogens with zero attached hydrogens (tertiary/aromatic N) is 1. The summed E-state index contributed by atoms with van der Waals surface area (Å²) in [4.78, 5) is 15.2. The Bertz CT molecular complexity index is 1160. The van der Waals surface area contributed by atoms with Gasteiger partial charge in [0.05, 0.1) is 23.2 Å². The van der Waals surface area contributed by atoms with E-state index in [2.05, 4.69) is 0 Å².